The Morgan fingerprint density at radius 1 is 1.17 bits per heavy atom. The van der Waals surface area contributed by atoms with Gasteiger partial charge in [-0.15, -0.1) is 0 Å². The molecule has 5 nitrogen and oxygen atoms in total. The van der Waals surface area contributed by atoms with Gasteiger partial charge in [0.1, 0.15) is 0 Å². The molecule has 3 rings (SSSR count). The first kappa shape index (κ1) is 21.6. The number of hydrogen-bond donors (Lipinski definition) is 3. The molecular formula is C23H30ClN3O2. The van der Waals surface area contributed by atoms with E-state index in [-0.39, 0.29) is 25.1 Å². The van der Waals surface area contributed by atoms with Gasteiger partial charge in [0.2, 0.25) is 5.91 Å². The number of hydrogen-bond acceptors (Lipinski definition) is 4. The Bertz CT molecular complexity index is 789. The number of carbonyl (C=O) groups is 1. The van der Waals surface area contributed by atoms with E-state index in [1.807, 2.05) is 49.4 Å². The van der Waals surface area contributed by atoms with Crippen molar-refractivity contribution < 1.29 is 9.90 Å². The third-order valence-electron chi connectivity index (χ3n) is 5.56. The predicted octanol–water partition coefficient (Wildman–Crippen LogP) is 3.83. The summed E-state index contributed by atoms with van der Waals surface area (Å²) < 4.78 is 0. The van der Waals surface area contributed by atoms with Gasteiger partial charge in [0.05, 0.1) is 12.6 Å². The Morgan fingerprint density at radius 2 is 1.86 bits per heavy atom. The van der Waals surface area contributed by atoms with E-state index in [2.05, 4.69) is 21.6 Å². The number of piperidine rings is 1. The second kappa shape index (κ2) is 10.6. The fourth-order valence-electron chi connectivity index (χ4n) is 3.70. The van der Waals surface area contributed by atoms with Gasteiger partial charge in [-0.05, 0) is 68.1 Å². The summed E-state index contributed by atoms with van der Waals surface area (Å²) in [5, 5.41) is 16.3. The maximum atomic E-state index is 12.4. The monoisotopic (exact) mass is 415 g/mol. The second-order valence-corrected chi connectivity index (χ2v) is 8.19. The van der Waals surface area contributed by atoms with Gasteiger partial charge in [-0.25, -0.2) is 0 Å². The molecule has 29 heavy (non-hydrogen) atoms. The number of para-hydroxylation sites is 1. The van der Waals surface area contributed by atoms with E-state index in [1.165, 1.54) is 5.56 Å². The highest BCUT2D eigenvalue weighted by atomic mass is 35.5. The van der Waals surface area contributed by atoms with Crippen molar-refractivity contribution in [2.75, 3.05) is 31.6 Å². The molecule has 0 spiro atoms. The first-order valence-corrected chi connectivity index (χ1v) is 10.6. The average molecular weight is 416 g/mol. The number of nitrogens with one attached hydrogen (secondary N) is 2. The maximum absolute atomic E-state index is 12.4. The van der Waals surface area contributed by atoms with E-state index < -0.39 is 0 Å². The van der Waals surface area contributed by atoms with Crippen molar-refractivity contribution in [3.05, 3.63) is 64.7 Å². The van der Waals surface area contributed by atoms with Crippen molar-refractivity contribution in [1.82, 2.24) is 10.2 Å². The molecule has 1 atom stereocenters. The van der Waals surface area contributed by atoms with Crippen LogP contribution in [-0.2, 0) is 11.3 Å². The average Bonchev–Trinajstić information content (AvgIpc) is 2.74. The number of nitrogens with zero attached hydrogens (tertiary/aromatic N) is 1. The topological polar surface area (TPSA) is 64.6 Å². The first-order chi connectivity index (χ1) is 14.0. The van der Waals surface area contributed by atoms with Crippen molar-refractivity contribution in [3.8, 4) is 0 Å². The minimum atomic E-state index is -0.0790. The zero-order valence-corrected chi connectivity index (χ0v) is 17.7. The van der Waals surface area contributed by atoms with Gasteiger partial charge < -0.3 is 15.7 Å². The molecule has 3 N–H and O–H groups in total. The second-order valence-electron chi connectivity index (χ2n) is 7.75. The summed E-state index contributed by atoms with van der Waals surface area (Å²) in [5.74, 6) is 0.386. The lowest BCUT2D eigenvalue weighted by Crippen LogP contribution is -2.35. The lowest BCUT2D eigenvalue weighted by molar-refractivity contribution is -0.120. The third-order valence-corrected chi connectivity index (χ3v) is 5.82. The van der Waals surface area contributed by atoms with Crippen molar-refractivity contribution >= 4 is 23.2 Å². The SMILES string of the molecule is CC(NC(=O)CNc1ccccc1CN1CCC(CO)CC1)c1ccc(Cl)cc1. The van der Waals surface area contributed by atoms with Crippen LogP contribution in [-0.4, -0.2) is 42.2 Å². The third kappa shape index (κ3) is 6.46. The molecule has 1 heterocycles. The molecule has 0 aliphatic carbocycles. The van der Waals surface area contributed by atoms with E-state index in [0.29, 0.717) is 10.9 Å². The van der Waals surface area contributed by atoms with Crippen molar-refractivity contribution in [3.63, 3.8) is 0 Å². The van der Waals surface area contributed by atoms with Gasteiger partial charge >= 0.3 is 0 Å². The van der Waals surface area contributed by atoms with Gasteiger partial charge in [-0.1, -0.05) is 41.9 Å². The fraction of sp³-hybridized carbons (Fsp3) is 0.435. The number of halogens is 1. The number of rotatable bonds is 8. The molecule has 1 unspecified atom stereocenters. The number of aliphatic hydroxyl groups is 1. The quantitative estimate of drug-likeness (QED) is 0.613. The maximum Gasteiger partial charge on any atom is 0.239 e. The molecule has 0 saturated carbocycles. The van der Waals surface area contributed by atoms with Crippen LogP contribution in [0.5, 0.6) is 0 Å². The molecule has 1 aliphatic rings. The molecule has 6 heteroatoms. The molecule has 0 bridgehead atoms. The highest BCUT2D eigenvalue weighted by Crippen LogP contribution is 2.22. The first-order valence-electron chi connectivity index (χ1n) is 10.2. The van der Waals surface area contributed by atoms with Crippen LogP contribution in [0.4, 0.5) is 5.69 Å². The summed E-state index contributed by atoms with van der Waals surface area (Å²) in [6.07, 6.45) is 2.08. The summed E-state index contributed by atoms with van der Waals surface area (Å²) in [5.41, 5.74) is 3.20. The van der Waals surface area contributed by atoms with Crippen LogP contribution in [0.2, 0.25) is 5.02 Å². The van der Waals surface area contributed by atoms with E-state index in [1.54, 1.807) is 0 Å². The Labute approximate surface area is 178 Å². The summed E-state index contributed by atoms with van der Waals surface area (Å²) in [6.45, 7) is 5.32. The van der Waals surface area contributed by atoms with Crippen LogP contribution in [0, 0.1) is 5.92 Å². The highest BCUT2D eigenvalue weighted by Gasteiger charge is 2.19. The van der Waals surface area contributed by atoms with Crippen molar-refractivity contribution in [1.29, 1.82) is 0 Å². The van der Waals surface area contributed by atoms with E-state index in [9.17, 15) is 9.90 Å². The molecule has 2 aromatic rings. The zero-order chi connectivity index (χ0) is 20.6. The largest absolute Gasteiger partial charge is 0.396 e. The molecule has 1 aliphatic heterocycles. The number of likely N-dealkylation sites (tertiary alicyclic amines) is 1. The van der Waals surface area contributed by atoms with Gasteiger partial charge in [0.15, 0.2) is 0 Å². The van der Waals surface area contributed by atoms with Gasteiger partial charge in [-0.2, -0.15) is 0 Å². The highest BCUT2D eigenvalue weighted by molar-refractivity contribution is 6.30. The molecule has 1 amide bonds. The zero-order valence-electron chi connectivity index (χ0n) is 16.9. The Balaban J connectivity index is 1.51. The van der Waals surface area contributed by atoms with Gasteiger partial charge in [0.25, 0.3) is 0 Å². The van der Waals surface area contributed by atoms with E-state index >= 15 is 0 Å². The number of carbonyl (C=O) groups excluding carboxylic acids is 1. The number of aliphatic hydroxyl groups excluding tert-OH is 1. The standard InChI is InChI=1S/C23H30ClN3O2/c1-17(19-6-8-21(24)9-7-19)26-23(29)14-25-22-5-3-2-4-20(22)15-27-12-10-18(16-28)11-13-27/h2-9,17-18,25,28H,10-16H2,1H3,(H,26,29). The number of anilines is 1. The van der Waals surface area contributed by atoms with Crippen LogP contribution in [0.3, 0.4) is 0 Å². The molecule has 2 aromatic carbocycles. The van der Waals surface area contributed by atoms with E-state index in [4.69, 9.17) is 11.6 Å². The van der Waals surface area contributed by atoms with Crippen LogP contribution >= 0.6 is 11.6 Å². The Kier molecular flexibility index (Phi) is 7.92. The molecule has 0 aromatic heterocycles. The summed E-state index contributed by atoms with van der Waals surface area (Å²) in [6, 6.07) is 15.6. The van der Waals surface area contributed by atoms with Crippen molar-refractivity contribution in [2.45, 2.75) is 32.4 Å². The van der Waals surface area contributed by atoms with Crippen LogP contribution in [0.1, 0.15) is 36.9 Å². The minimum Gasteiger partial charge on any atom is -0.396 e. The summed E-state index contributed by atoms with van der Waals surface area (Å²) in [4.78, 5) is 14.8. The Morgan fingerprint density at radius 3 is 2.55 bits per heavy atom. The van der Waals surface area contributed by atoms with E-state index in [0.717, 1.165) is 43.7 Å². The lowest BCUT2D eigenvalue weighted by Gasteiger charge is -2.31. The minimum absolute atomic E-state index is 0.0500. The molecular weight excluding hydrogens is 386 g/mol. The Hall–Kier alpha value is -2.08. The molecule has 0 radical (unpaired) electrons. The lowest BCUT2D eigenvalue weighted by atomic mass is 9.97. The van der Waals surface area contributed by atoms with Gasteiger partial charge in [0, 0.05) is 23.9 Å². The summed E-state index contributed by atoms with van der Waals surface area (Å²) in [7, 11) is 0. The summed E-state index contributed by atoms with van der Waals surface area (Å²) >= 11 is 5.93. The molecule has 1 saturated heterocycles. The van der Waals surface area contributed by atoms with Crippen LogP contribution in [0.15, 0.2) is 48.5 Å². The van der Waals surface area contributed by atoms with Crippen molar-refractivity contribution in [2.24, 2.45) is 5.92 Å². The normalized spacial score (nSPS) is 16.4. The van der Waals surface area contributed by atoms with Crippen LogP contribution < -0.4 is 10.6 Å². The molecule has 1 fully saturated rings. The predicted molar refractivity (Wildman–Crippen MR) is 118 cm³/mol. The number of benzene rings is 2. The van der Waals surface area contributed by atoms with Gasteiger partial charge in [-0.3, -0.25) is 9.69 Å². The fourth-order valence-corrected chi connectivity index (χ4v) is 3.83. The van der Waals surface area contributed by atoms with Crippen LogP contribution in [0.25, 0.3) is 0 Å². The molecule has 156 valence electrons. The number of amides is 1. The smallest absolute Gasteiger partial charge is 0.239 e.